The fraction of sp³-hybridized carbons (Fsp3) is 0.769. The number of sulfonamides is 1. The van der Waals surface area contributed by atoms with Crippen LogP contribution in [0.3, 0.4) is 0 Å². The van der Waals surface area contributed by atoms with E-state index in [1.807, 2.05) is 12.3 Å². The van der Waals surface area contributed by atoms with Gasteiger partial charge in [0.1, 0.15) is 0 Å². The van der Waals surface area contributed by atoms with Crippen molar-refractivity contribution in [2.24, 2.45) is 0 Å². The minimum absolute atomic E-state index is 0.206. The van der Waals surface area contributed by atoms with Crippen LogP contribution in [-0.4, -0.2) is 38.8 Å². The summed E-state index contributed by atoms with van der Waals surface area (Å²) >= 11 is 1.57. The second-order valence-corrected chi connectivity index (χ2v) is 7.67. The van der Waals surface area contributed by atoms with Gasteiger partial charge in [-0.15, -0.1) is 11.3 Å². The molecule has 0 aliphatic rings. The van der Waals surface area contributed by atoms with Crippen molar-refractivity contribution in [2.45, 2.75) is 39.5 Å². The van der Waals surface area contributed by atoms with Crippen LogP contribution in [-0.2, 0) is 16.4 Å². The number of hydrogen-bond donors (Lipinski definition) is 2. The number of nitrogens with one attached hydrogen (secondary N) is 2. The summed E-state index contributed by atoms with van der Waals surface area (Å²) in [5.41, 5.74) is 0.993. The molecule has 0 spiro atoms. The molecule has 0 atom stereocenters. The van der Waals surface area contributed by atoms with Gasteiger partial charge in [0, 0.05) is 24.0 Å². The first-order chi connectivity index (χ1) is 9.53. The maximum atomic E-state index is 11.8. The Hall–Kier alpha value is -0.500. The van der Waals surface area contributed by atoms with Crippen molar-refractivity contribution in [3.05, 3.63) is 16.1 Å². The highest BCUT2D eigenvalue weighted by atomic mass is 32.2. The van der Waals surface area contributed by atoms with Gasteiger partial charge in [0.25, 0.3) is 0 Å². The second kappa shape index (κ2) is 9.44. The molecule has 1 rings (SSSR count). The first-order valence-electron chi connectivity index (χ1n) is 7.12. The van der Waals surface area contributed by atoms with Crippen molar-refractivity contribution in [3.8, 4) is 0 Å². The number of thiazole rings is 1. The monoisotopic (exact) mass is 319 g/mol. The van der Waals surface area contributed by atoms with Crippen LogP contribution in [0.15, 0.2) is 5.38 Å². The van der Waals surface area contributed by atoms with Crippen molar-refractivity contribution >= 4 is 21.4 Å². The summed E-state index contributed by atoms with van der Waals surface area (Å²) in [5, 5.41) is 6.23. The van der Waals surface area contributed by atoms with Gasteiger partial charge < -0.3 is 5.32 Å². The smallest absolute Gasteiger partial charge is 0.211 e. The maximum Gasteiger partial charge on any atom is 0.211 e. The van der Waals surface area contributed by atoms with Crippen molar-refractivity contribution < 1.29 is 8.42 Å². The van der Waals surface area contributed by atoms with E-state index >= 15 is 0 Å². The average Bonchev–Trinajstić information content (AvgIpc) is 2.79. The van der Waals surface area contributed by atoms with E-state index in [4.69, 9.17) is 0 Å². The minimum atomic E-state index is -3.14. The third-order valence-electron chi connectivity index (χ3n) is 2.77. The van der Waals surface area contributed by atoms with Gasteiger partial charge >= 0.3 is 0 Å². The van der Waals surface area contributed by atoms with Gasteiger partial charge in [-0.25, -0.2) is 18.1 Å². The second-order valence-electron chi connectivity index (χ2n) is 4.80. The fourth-order valence-corrected chi connectivity index (χ4v) is 3.66. The molecule has 0 aliphatic carbocycles. The van der Waals surface area contributed by atoms with Crippen molar-refractivity contribution in [3.63, 3.8) is 0 Å². The molecule has 1 aromatic heterocycles. The third kappa shape index (κ3) is 7.94. The molecule has 0 aliphatic heterocycles. The zero-order valence-corrected chi connectivity index (χ0v) is 13.9. The van der Waals surface area contributed by atoms with Crippen LogP contribution in [0.2, 0.25) is 0 Å². The van der Waals surface area contributed by atoms with Crippen molar-refractivity contribution in [1.82, 2.24) is 15.0 Å². The molecule has 20 heavy (non-hydrogen) atoms. The first kappa shape index (κ1) is 17.6. The summed E-state index contributed by atoms with van der Waals surface area (Å²) in [6.07, 6.45) is 3.36. The van der Waals surface area contributed by atoms with Crippen molar-refractivity contribution in [2.75, 3.05) is 25.4 Å². The van der Waals surface area contributed by atoms with Gasteiger partial charge in [-0.2, -0.15) is 0 Å². The Morgan fingerprint density at radius 3 is 2.70 bits per heavy atom. The number of aryl methyl sites for hydroxylation is 1. The lowest BCUT2D eigenvalue weighted by molar-refractivity contribution is 0.573. The predicted octanol–water partition coefficient (Wildman–Crippen LogP) is 1.69. The summed E-state index contributed by atoms with van der Waals surface area (Å²) in [6, 6.07) is 0. The predicted molar refractivity (Wildman–Crippen MR) is 84.7 cm³/mol. The van der Waals surface area contributed by atoms with Crippen LogP contribution in [0.1, 0.15) is 36.9 Å². The number of nitrogens with zero attached hydrogens (tertiary/aromatic N) is 1. The Morgan fingerprint density at radius 1 is 1.25 bits per heavy atom. The lowest BCUT2D eigenvalue weighted by atomic mass is 10.3. The molecule has 0 amide bonds. The highest BCUT2D eigenvalue weighted by molar-refractivity contribution is 7.89. The Labute approximate surface area is 126 Å². The topological polar surface area (TPSA) is 71.1 Å². The van der Waals surface area contributed by atoms with E-state index in [-0.39, 0.29) is 5.75 Å². The van der Waals surface area contributed by atoms with Crippen LogP contribution < -0.4 is 10.0 Å². The standard InChI is InChI=1S/C13H25N3O2S2/c1-3-7-14-8-4-5-10-20(17,18)15-9-6-13-16-12(2)11-19-13/h11,14-15H,3-10H2,1-2H3. The van der Waals surface area contributed by atoms with Gasteiger partial charge in [0.05, 0.1) is 10.8 Å². The van der Waals surface area contributed by atoms with E-state index in [2.05, 4.69) is 21.9 Å². The van der Waals surface area contributed by atoms with Crippen LogP contribution >= 0.6 is 11.3 Å². The zero-order chi connectivity index (χ0) is 14.8. The highest BCUT2D eigenvalue weighted by Crippen LogP contribution is 2.08. The molecular weight excluding hydrogens is 294 g/mol. The zero-order valence-electron chi connectivity index (χ0n) is 12.3. The fourth-order valence-electron chi connectivity index (χ4n) is 1.75. The first-order valence-corrected chi connectivity index (χ1v) is 9.66. The van der Waals surface area contributed by atoms with E-state index in [0.717, 1.165) is 36.6 Å². The molecular formula is C13H25N3O2S2. The molecule has 0 bridgehead atoms. The van der Waals surface area contributed by atoms with Gasteiger partial charge in [0.15, 0.2) is 0 Å². The molecule has 0 radical (unpaired) electrons. The molecule has 0 aromatic carbocycles. The number of unbranched alkanes of at least 4 members (excludes halogenated alkanes) is 1. The summed E-state index contributed by atoms with van der Waals surface area (Å²) in [7, 11) is -3.14. The van der Waals surface area contributed by atoms with Gasteiger partial charge in [-0.1, -0.05) is 6.92 Å². The average molecular weight is 319 g/mol. The summed E-state index contributed by atoms with van der Waals surface area (Å²) in [4.78, 5) is 4.31. The van der Waals surface area contributed by atoms with Gasteiger partial charge in [-0.3, -0.25) is 0 Å². The van der Waals surface area contributed by atoms with Gasteiger partial charge in [0.2, 0.25) is 10.0 Å². The van der Waals surface area contributed by atoms with Crippen LogP contribution in [0.25, 0.3) is 0 Å². The molecule has 0 unspecified atom stereocenters. The van der Waals surface area contributed by atoms with Crippen LogP contribution in [0, 0.1) is 6.92 Å². The Balaban J connectivity index is 2.11. The van der Waals surface area contributed by atoms with E-state index < -0.39 is 10.0 Å². The van der Waals surface area contributed by atoms with E-state index in [1.54, 1.807) is 11.3 Å². The summed E-state index contributed by atoms with van der Waals surface area (Å²) < 4.78 is 26.2. The Bertz CT molecular complexity index is 472. The normalized spacial score (nSPS) is 11.9. The van der Waals surface area contributed by atoms with E-state index in [0.29, 0.717) is 19.4 Å². The molecule has 1 heterocycles. The molecule has 1 aromatic rings. The van der Waals surface area contributed by atoms with E-state index in [1.165, 1.54) is 0 Å². The largest absolute Gasteiger partial charge is 0.317 e. The molecule has 5 nitrogen and oxygen atoms in total. The molecule has 116 valence electrons. The molecule has 2 N–H and O–H groups in total. The number of hydrogen-bond acceptors (Lipinski definition) is 5. The van der Waals surface area contributed by atoms with E-state index in [9.17, 15) is 8.42 Å². The SMILES string of the molecule is CCCNCCCCS(=O)(=O)NCCc1nc(C)cs1. The molecule has 0 saturated heterocycles. The molecule has 0 fully saturated rings. The van der Waals surface area contributed by atoms with Crippen molar-refractivity contribution in [1.29, 1.82) is 0 Å². The lowest BCUT2D eigenvalue weighted by Gasteiger charge is -2.06. The number of aromatic nitrogens is 1. The van der Waals surface area contributed by atoms with Gasteiger partial charge in [-0.05, 0) is 39.3 Å². The third-order valence-corrected chi connectivity index (χ3v) is 5.27. The Kier molecular flexibility index (Phi) is 8.28. The lowest BCUT2D eigenvalue weighted by Crippen LogP contribution is -2.28. The highest BCUT2D eigenvalue weighted by Gasteiger charge is 2.09. The molecule has 7 heteroatoms. The summed E-state index contributed by atoms with van der Waals surface area (Å²) in [5.74, 6) is 0.206. The summed E-state index contributed by atoms with van der Waals surface area (Å²) in [6.45, 7) is 6.38. The minimum Gasteiger partial charge on any atom is -0.317 e. The number of rotatable bonds is 11. The quantitative estimate of drug-likeness (QED) is 0.609. The van der Waals surface area contributed by atoms with Crippen LogP contribution in [0.5, 0.6) is 0 Å². The Morgan fingerprint density at radius 2 is 2.05 bits per heavy atom. The van der Waals surface area contributed by atoms with Crippen LogP contribution in [0.4, 0.5) is 0 Å². The molecule has 0 saturated carbocycles. The maximum absolute atomic E-state index is 11.8.